The van der Waals surface area contributed by atoms with E-state index in [9.17, 15) is 0 Å². The SMILES string of the molecule is Cc1cc(C)c2c(N3CCC(n4nc(C)cc4C)C3)ncnc2n1. The maximum atomic E-state index is 4.66. The molecule has 0 radical (unpaired) electrons. The average Bonchev–Trinajstić information content (AvgIpc) is 3.12. The Bertz CT molecular complexity index is 913. The molecule has 24 heavy (non-hydrogen) atoms. The summed E-state index contributed by atoms with van der Waals surface area (Å²) < 4.78 is 2.16. The summed E-state index contributed by atoms with van der Waals surface area (Å²) in [6, 6.07) is 4.63. The zero-order valence-corrected chi connectivity index (χ0v) is 14.6. The number of aryl methyl sites for hydroxylation is 4. The van der Waals surface area contributed by atoms with Gasteiger partial charge in [0.1, 0.15) is 12.1 Å². The number of pyridine rings is 1. The molecule has 3 aromatic rings. The van der Waals surface area contributed by atoms with Gasteiger partial charge in [0.2, 0.25) is 0 Å². The van der Waals surface area contributed by atoms with Gasteiger partial charge in [-0.05, 0) is 51.8 Å². The number of aromatic nitrogens is 5. The summed E-state index contributed by atoms with van der Waals surface area (Å²) in [5.74, 6) is 0.994. The molecule has 0 amide bonds. The Labute approximate surface area is 141 Å². The van der Waals surface area contributed by atoms with E-state index >= 15 is 0 Å². The number of fused-ring (bicyclic) bond motifs is 1. The lowest BCUT2D eigenvalue weighted by Gasteiger charge is -2.20. The van der Waals surface area contributed by atoms with E-state index in [4.69, 9.17) is 0 Å². The van der Waals surface area contributed by atoms with E-state index in [2.05, 4.69) is 55.6 Å². The van der Waals surface area contributed by atoms with Crippen LogP contribution in [0.1, 0.15) is 35.1 Å². The smallest absolute Gasteiger partial charge is 0.165 e. The van der Waals surface area contributed by atoms with Crippen LogP contribution in [0.4, 0.5) is 5.82 Å². The first-order chi connectivity index (χ1) is 11.5. The van der Waals surface area contributed by atoms with Crippen molar-refractivity contribution in [1.82, 2.24) is 24.7 Å². The molecule has 0 N–H and O–H groups in total. The molecule has 0 bridgehead atoms. The molecule has 6 heteroatoms. The molecule has 1 aliphatic heterocycles. The van der Waals surface area contributed by atoms with Crippen LogP contribution in [0.3, 0.4) is 0 Å². The number of hydrogen-bond acceptors (Lipinski definition) is 5. The van der Waals surface area contributed by atoms with Crippen molar-refractivity contribution >= 4 is 16.9 Å². The van der Waals surface area contributed by atoms with Gasteiger partial charge in [-0.2, -0.15) is 5.10 Å². The zero-order valence-electron chi connectivity index (χ0n) is 14.6. The van der Waals surface area contributed by atoms with E-state index in [1.54, 1.807) is 6.33 Å². The van der Waals surface area contributed by atoms with E-state index in [1.165, 1.54) is 11.3 Å². The molecule has 1 unspecified atom stereocenters. The minimum absolute atomic E-state index is 0.391. The van der Waals surface area contributed by atoms with Crippen LogP contribution in [0.2, 0.25) is 0 Å². The standard InChI is InChI=1S/C18H22N6/c1-11-7-12(2)21-17-16(11)18(20-10-19-17)23-6-5-15(9-23)24-14(4)8-13(3)22-24/h7-8,10,15H,5-6,9H2,1-4H3. The van der Waals surface area contributed by atoms with Crippen LogP contribution in [0.5, 0.6) is 0 Å². The molecule has 0 saturated carbocycles. The predicted molar refractivity (Wildman–Crippen MR) is 94.4 cm³/mol. The van der Waals surface area contributed by atoms with Crippen molar-refractivity contribution < 1.29 is 0 Å². The molecule has 1 atom stereocenters. The summed E-state index contributed by atoms with van der Waals surface area (Å²) in [6.07, 6.45) is 2.70. The van der Waals surface area contributed by atoms with Crippen molar-refractivity contribution in [3.63, 3.8) is 0 Å². The molecule has 0 aromatic carbocycles. The topological polar surface area (TPSA) is 59.7 Å². The summed E-state index contributed by atoms with van der Waals surface area (Å²) >= 11 is 0. The number of hydrogen-bond donors (Lipinski definition) is 0. The summed E-state index contributed by atoms with van der Waals surface area (Å²) in [7, 11) is 0. The fourth-order valence-corrected chi connectivity index (χ4v) is 3.78. The lowest BCUT2D eigenvalue weighted by atomic mass is 10.1. The van der Waals surface area contributed by atoms with Crippen molar-refractivity contribution in [2.75, 3.05) is 18.0 Å². The molecule has 0 aliphatic carbocycles. The van der Waals surface area contributed by atoms with Crippen molar-refractivity contribution in [1.29, 1.82) is 0 Å². The molecule has 4 heterocycles. The third kappa shape index (κ3) is 2.42. The Morgan fingerprint density at radius 1 is 1.04 bits per heavy atom. The molecule has 124 valence electrons. The molecule has 3 aromatic heterocycles. The van der Waals surface area contributed by atoms with Crippen LogP contribution in [0, 0.1) is 27.7 Å². The fourth-order valence-electron chi connectivity index (χ4n) is 3.78. The Balaban J connectivity index is 1.71. The van der Waals surface area contributed by atoms with E-state index in [0.29, 0.717) is 6.04 Å². The third-order valence-electron chi connectivity index (χ3n) is 4.76. The fraction of sp³-hybridized carbons (Fsp3) is 0.444. The first-order valence-electron chi connectivity index (χ1n) is 8.39. The minimum Gasteiger partial charge on any atom is -0.354 e. The van der Waals surface area contributed by atoms with Crippen LogP contribution < -0.4 is 4.90 Å². The first kappa shape index (κ1) is 15.1. The van der Waals surface area contributed by atoms with Crippen LogP contribution in [0.25, 0.3) is 11.0 Å². The van der Waals surface area contributed by atoms with Gasteiger partial charge in [-0.15, -0.1) is 0 Å². The highest BCUT2D eigenvalue weighted by molar-refractivity contribution is 5.90. The lowest BCUT2D eigenvalue weighted by molar-refractivity contribution is 0.481. The maximum absolute atomic E-state index is 4.66. The quantitative estimate of drug-likeness (QED) is 0.726. The van der Waals surface area contributed by atoms with Crippen molar-refractivity contribution in [2.45, 2.75) is 40.2 Å². The number of anilines is 1. The van der Waals surface area contributed by atoms with Gasteiger partial charge >= 0.3 is 0 Å². The molecule has 1 fully saturated rings. The largest absolute Gasteiger partial charge is 0.354 e. The number of rotatable bonds is 2. The third-order valence-corrected chi connectivity index (χ3v) is 4.76. The van der Waals surface area contributed by atoms with Crippen molar-refractivity contribution in [3.8, 4) is 0 Å². The second-order valence-corrected chi connectivity index (χ2v) is 6.74. The zero-order chi connectivity index (χ0) is 16.8. The van der Waals surface area contributed by atoms with Gasteiger partial charge in [0.05, 0.1) is 17.1 Å². The second kappa shape index (κ2) is 5.54. The van der Waals surface area contributed by atoms with E-state index in [0.717, 1.165) is 47.7 Å². The molecular weight excluding hydrogens is 300 g/mol. The van der Waals surface area contributed by atoms with Gasteiger partial charge in [-0.1, -0.05) is 0 Å². The Kier molecular flexibility index (Phi) is 3.48. The molecule has 0 spiro atoms. The van der Waals surface area contributed by atoms with Gasteiger partial charge in [0.25, 0.3) is 0 Å². The molecule has 1 saturated heterocycles. The normalized spacial score (nSPS) is 17.8. The van der Waals surface area contributed by atoms with Gasteiger partial charge in [-0.25, -0.2) is 15.0 Å². The van der Waals surface area contributed by atoms with Gasteiger partial charge < -0.3 is 4.90 Å². The van der Waals surface area contributed by atoms with Gasteiger partial charge in [-0.3, -0.25) is 4.68 Å². The highest BCUT2D eigenvalue weighted by Gasteiger charge is 2.28. The average molecular weight is 322 g/mol. The van der Waals surface area contributed by atoms with Crippen molar-refractivity contribution in [2.24, 2.45) is 0 Å². The summed E-state index contributed by atoms with van der Waals surface area (Å²) in [4.78, 5) is 15.9. The molecular formula is C18H22N6. The Morgan fingerprint density at radius 2 is 1.88 bits per heavy atom. The summed E-state index contributed by atoms with van der Waals surface area (Å²) in [6.45, 7) is 10.2. The predicted octanol–water partition coefficient (Wildman–Crippen LogP) is 2.91. The van der Waals surface area contributed by atoms with Gasteiger partial charge in [0, 0.05) is 24.5 Å². The second-order valence-electron chi connectivity index (χ2n) is 6.74. The van der Waals surface area contributed by atoms with E-state index in [1.807, 2.05) is 13.8 Å². The summed E-state index contributed by atoms with van der Waals surface area (Å²) in [5.41, 5.74) is 5.26. The van der Waals surface area contributed by atoms with Gasteiger partial charge in [0.15, 0.2) is 5.65 Å². The minimum atomic E-state index is 0.391. The van der Waals surface area contributed by atoms with Crippen LogP contribution >= 0.6 is 0 Å². The molecule has 4 rings (SSSR count). The Hall–Kier alpha value is -2.50. The molecule has 1 aliphatic rings. The highest BCUT2D eigenvalue weighted by Crippen LogP contribution is 2.31. The van der Waals surface area contributed by atoms with Crippen LogP contribution in [-0.2, 0) is 0 Å². The monoisotopic (exact) mass is 322 g/mol. The van der Waals surface area contributed by atoms with Crippen molar-refractivity contribution in [3.05, 3.63) is 41.1 Å². The number of nitrogens with zero attached hydrogens (tertiary/aromatic N) is 6. The molecule has 6 nitrogen and oxygen atoms in total. The van der Waals surface area contributed by atoms with E-state index < -0.39 is 0 Å². The highest BCUT2D eigenvalue weighted by atomic mass is 15.3. The van der Waals surface area contributed by atoms with E-state index in [-0.39, 0.29) is 0 Å². The first-order valence-corrected chi connectivity index (χ1v) is 8.39. The van der Waals surface area contributed by atoms with Crippen LogP contribution in [0.15, 0.2) is 18.5 Å². The summed E-state index contributed by atoms with van der Waals surface area (Å²) in [5, 5.41) is 5.72. The maximum Gasteiger partial charge on any atom is 0.165 e. The Morgan fingerprint density at radius 3 is 2.62 bits per heavy atom. The van der Waals surface area contributed by atoms with Crippen LogP contribution in [-0.4, -0.2) is 37.8 Å². The lowest BCUT2D eigenvalue weighted by Crippen LogP contribution is -2.23.